The van der Waals surface area contributed by atoms with Crippen LogP contribution >= 0.6 is 0 Å². The van der Waals surface area contributed by atoms with Gasteiger partial charge in [0, 0.05) is 23.3 Å². The quantitative estimate of drug-likeness (QED) is 0.658. The normalized spacial score (nSPS) is 10.5. The van der Waals surface area contributed by atoms with E-state index >= 15 is 0 Å². The van der Waals surface area contributed by atoms with Crippen molar-refractivity contribution in [1.29, 1.82) is 0 Å². The third kappa shape index (κ3) is 3.95. The maximum absolute atomic E-state index is 9.93. The number of aryl methyl sites for hydroxylation is 3. The molecule has 19 heavy (non-hydrogen) atoms. The van der Waals surface area contributed by atoms with Crippen LogP contribution in [-0.2, 0) is 17.1 Å². The van der Waals surface area contributed by atoms with Crippen molar-refractivity contribution < 1.29 is 22.2 Å². The molecule has 2 aromatic carbocycles. The largest absolute Gasteiger partial charge is 0.505 e. The Balaban J connectivity index is 0.00000180. The molecule has 0 saturated heterocycles. The Labute approximate surface area is 124 Å². The van der Waals surface area contributed by atoms with Gasteiger partial charge in [0.2, 0.25) is 0 Å². The predicted molar refractivity (Wildman–Crippen MR) is 76.0 cm³/mol. The standard InChI is InChI=1S/C16H17NO.Cu/c1-11-4-6-14(7-5-11)10-17-15-9-12(2)8-13(3)16(15)18;/h4-10,18H,1-3H3;. The summed E-state index contributed by atoms with van der Waals surface area (Å²) in [5.41, 5.74) is 4.82. The van der Waals surface area contributed by atoms with Crippen LogP contribution in [0.5, 0.6) is 5.75 Å². The van der Waals surface area contributed by atoms with Gasteiger partial charge < -0.3 is 5.11 Å². The minimum atomic E-state index is 0. The van der Waals surface area contributed by atoms with Crippen LogP contribution in [0.4, 0.5) is 5.69 Å². The SMILES string of the molecule is Cc1ccc(C=Nc2cc(C)cc(C)c2O)cc1.[Cu]. The van der Waals surface area contributed by atoms with Crippen molar-refractivity contribution in [2.75, 3.05) is 0 Å². The fourth-order valence-corrected chi connectivity index (χ4v) is 1.83. The fraction of sp³-hybridized carbons (Fsp3) is 0.188. The van der Waals surface area contributed by atoms with Crippen molar-refractivity contribution in [3.63, 3.8) is 0 Å². The molecule has 1 radical (unpaired) electrons. The maximum Gasteiger partial charge on any atom is 0.144 e. The van der Waals surface area contributed by atoms with E-state index in [9.17, 15) is 5.11 Å². The summed E-state index contributed by atoms with van der Waals surface area (Å²) in [6, 6.07) is 11.9. The Morgan fingerprint density at radius 1 is 0.947 bits per heavy atom. The van der Waals surface area contributed by atoms with Crippen LogP contribution in [-0.4, -0.2) is 11.3 Å². The second-order valence-electron chi connectivity index (χ2n) is 4.62. The van der Waals surface area contributed by atoms with Crippen molar-refractivity contribution >= 4 is 11.9 Å². The average Bonchev–Trinajstić information content (AvgIpc) is 2.34. The van der Waals surface area contributed by atoms with E-state index in [0.717, 1.165) is 16.7 Å². The number of aliphatic imine (C=N–C) groups is 1. The molecule has 0 aliphatic rings. The summed E-state index contributed by atoms with van der Waals surface area (Å²) in [5.74, 6) is 0.254. The summed E-state index contributed by atoms with van der Waals surface area (Å²) in [6.45, 7) is 5.93. The van der Waals surface area contributed by atoms with Crippen LogP contribution in [0.15, 0.2) is 41.4 Å². The smallest absolute Gasteiger partial charge is 0.144 e. The molecule has 0 aliphatic heterocycles. The molecule has 0 saturated carbocycles. The third-order valence-corrected chi connectivity index (χ3v) is 2.85. The Bertz CT molecular complexity index is 588. The molecule has 3 heteroatoms. The van der Waals surface area contributed by atoms with Crippen molar-refractivity contribution in [1.82, 2.24) is 0 Å². The Hall–Kier alpha value is -1.57. The minimum Gasteiger partial charge on any atom is -0.505 e. The van der Waals surface area contributed by atoms with Gasteiger partial charge in [-0.3, -0.25) is 4.99 Å². The molecule has 2 aromatic rings. The fourth-order valence-electron chi connectivity index (χ4n) is 1.83. The minimum absolute atomic E-state index is 0. The van der Waals surface area contributed by atoms with E-state index in [4.69, 9.17) is 0 Å². The first-order chi connectivity index (χ1) is 8.56. The van der Waals surface area contributed by atoms with Crippen LogP contribution in [0.3, 0.4) is 0 Å². The van der Waals surface area contributed by atoms with Gasteiger partial charge in [-0.25, -0.2) is 0 Å². The molecule has 103 valence electrons. The zero-order valence-corrected chi connectivity index (χ0v) is 12.2. The number of rotatable bonds is 2. The Kier molecular flexibility index (Phi) is 5.34. The molecular weight excluding hydrogens is 286 g/mol. The van der Waals surface area contributed by atoms with Gasteiger partial charge in [0.15, 0.2) is 0 Å². The summed E-state index contributed by atoms with van der Waals surface area (Å²) in [7, 11) is 0. The molecule has 0 bridgehead atoms. The molecule has 0 fully saturated rings. The molecule has 0 spiro atoms. The van der Waals surface area contributed by atoms with Crippen molar-refractivity contribution in [3.8, 4) is 5.75 Å². The topological polar surface area (TPSA) is 32.6 Å². The van der Waals surface area contributed by atoms with Gasteiger partial charge in [-0.15, -0.1) is 0 Å². The summed E-state index contributed by atoms with van der Waals surface area (Å²) in [6.07, 6.45) is 1.77. The summed E-state index contributed by atoms with van der Waals surface area (Å²) < 4.78 is 0. The van der Waals surface area contributed by atoms with Gasteiger partial charge in [0.05, 0.1) is 0 Å². The van der Waals surface area contributed by atoms with E-state index < -0.39 is 0 Å². The van der Waals surface area contributed by atoms with Crippen LogP contribution in [0, 0.1) is 20.8 Å². The predicted octanol–water partition coefficient (Wildman–Crippen LogP) is 4.07. The zero-order valence-electron chi connectivity index (χ0n) is 11.2. The van der Waals surface area contributed by atoms with Gasteiger partial charge in [0.25, 0.3) is 0 Å². The van der Waals surface area contributed by atoms with Gasteiger partial charge >= 0.3 is 0 Å². The average molecular weight is 303 g/mol. The van der Waals surface area contributed by atoms with Crippen molar-refractivity contribution in [2.45, 2.75) is 20.8 Å². The van der Waals surface area contributed by atoms with Gasteiger partial charge in [-0.2, -0.15) is 0 Å². The van der Waals surface area contributed by atoms with Crippen molar-refractivity contribution in [2.24, 2.45) is 4.99 Å². The van der Waals surface area contributed by atoms with E-state index in [0.29, 0.717) is 5.69 Å². The summed E-state index contributed by atoms with van der Waals surface area (Å²) in [5, 5.41) is 9.93. The molecule has 0 unspecified atom stereocenters. The van der Waals surface area contributed by atoms with E-state index in [-0.39, 0.29) is 22.8 Å². The number of hydrogen-bond donors (Lipinski definition) is 1. The molecule has 0 heterocycles. The monoisotopic (exact) mass is 302 g/mol. The molecule has 0 aliphatic carbocycles. The molecular formula is C16H17CuNO. The number of phenols is 1. The molecule has 0 amide bonds. The number of nitrogens with zero attached hydrogens (tertiary/aromatic N) is 1. The van der Waals surface area contributed by atoms with Gasteiger partial charge in [0.1, 0.15) is 11.4 Å². The summed E-state index contributed by atoms with van der Waals surface area (Å²) in [4.78, 5) is 4.35. The summed E-state index contributed by atoms with van der Waals surface area (Å²) >= 11 is 0. The second-order valence-corrected chi connectivity index (χ2v) is 4.62. The van der Waals surface area contributed by atoms with E-state index in [2.05, 4.69) is 11.9 Å². The number of phenolic OH excluding ortho intramolecular Hbond substituents is 1. The van der Waals surface area contributed by atoms with Crippen molar-refractivity contribution in [3.05, 3.63) is 58.7 Å². The number of hydrogen-bond acceptors (Lipinski definition) is 2. The maximum atomic E-state index is 9.93. The Morgan fingerprint density at radius 3 is 2.21 bits per heavy atom. The van der Waals surface area contributed by atoms with E-state index in [1.165, 1.54) is 5.56 Å². The zero-order chi connectivity index (χ0) is 13.1. The first-order valence-corrected chi connectivity index (χ1v) is 5.97. The molecule has 2 nitrogen and oxygen atoms in total. The number of benzene rings is 2. The first-order valence-electron chi connectivity index (χ1n) is 5.97. The molecule has 0 aromatic heterocycles. The first kappa shape index (κ1) is 15.5. The van der Waals surface area contributed by atoms with Crippen LogP contribution in [0.1, 0.15) is 22.3 Å². The molecule has 0 atom stereocenters. The number of aromatic hydroxyl groups is 1. The van der Waals surface area contributed by atoms with E-state index in [1.54, 1.807) is 6.21 Å². The molecule has 1 N–H and O–H groups in total. The van der Waals surface area contributed by atoms with E-state index in [1.807, 2.05) is 50.2 Å². The van der Waals surface area contributed by atoms with Crippen LogP contribution < -0.4 is 0 Å². The second kappa shape index (κ2) is 6.55. The van der Waals surface area contributed by atoms with Gasteiger partial charge in [-0.05, 0) is 43.5 Å². The third-order valence-electron chi connectivity index (χ3n) is 2.85. The van der Waals surface area contributed by atoms with Crippen LogP contribution in [0.25, 0.3) is 0 Å². The molecule has 2 rings (SSSR count). The Morgan fingerprint density at radius 2 is 1.58 bits per heavy atom. The van der Waals surface area contributed by atoms with Crippen LogP contribution in [0.2, 0.25) is 0 Å². The van der Waals surface area contributed by atoms with Gasteiger partial charge in [-0.1, -0.05) is 35.9 Å².